The summed E-state index contributed by atoms with van der Waals surface area (Å²) in [6.07, 6.45) is 1.81. The van der Waals surface area contributed by atoms with Gasteiger partial charge in [-0.2, -0.15) is 0 Å². The first-order valence-electron chi connectivity index (χ1n) is 8.79. The molecule has 146 valence electrons. The number of anilines is 1. The lowest BCUT2D eigenvalue weighted by Crippen LogP contribution is -2.68. The predicted molar refractivity (Wildman–Crippen MR) is 103 cm³/mol. The van der Waals surface area contributed by atoms with Crippen molar-refractivity contribution in [3.05, 3.63) is 29.0 Å². The number of rotatable bonds is 7. The van der Waals surface area contributed by atoms with E-state index in [4.69, 9.17) is 11.6 Å². The van der Waals surface area contributed by atoms with Gasteiger partial charge in [0.2, 0.25) is 0 Å². The van der Waals surface area contributed by atoms with Crippen LogP contribution in [-0.2, 0) is 0 Å². The van der Waals surface area contributed by atoms with Crippen molar-refractivity contribution in [2.45, 2.75) is 38.3 Å². The fourth-order valence-electron chi connectivity index (χ4n) is 2.91. The van der Waals surface area contributed by atoms with E-state index in [9.17, 15) is 9.18 Å². The van der Waals surface area contributed by atoms with Crippen LogP contribution in [0.25, 0.3) is 0 Å². The molecule has 26 heavy (non-hydrogen) atoms. The summed E-state index contributed by atoms with van der Waals surface area (Å²) >= 11 is 5.74. The van der Waals surface area contributed by atoms with Gasteiger partial charge in [0, 0.05) is 11.7 Å². The van der Waals surface area contributed by atoms with E-state index >= 15 is 0 Å². The maximum absolute atomic E-state index is 13.2. The molecule has 0 spiro atoms. The van der Waals surface area contributed by atoms with Crippen LogP contribution < -0.4 is 26.6 Å². The summed E-state index contributed by atoms with van der Waals surface area (Å²) in [4.78, 5) is 14.3. The first-order chi connectivity index (χ1) is 12.4. The van der Waals surface area contributed by atoms with Gasteiger partial charge in [0.15, 0.2) is 0 Å². The van der Waals surface area contributed by atoms with Crippen molar-refractivity contribution in [1.29, 1.82) is 0 Å². The zero-order chi connectivity index (χ0) is 19.1. The largest absolute Gasteiger partial charge is 0.321 e. The summed E-state index contributed by atoms with van der Waals surface area (Å²) in [6, 6.07) is 3.92. The fourth-order valence-corrected chi connectivity index (χ4v) is 3.09. The molecule has 0 radical (unpaired) electrons. The monoisotopic (exact) mass is 386 g/mol. The number of urea groups is 1. The number of benzene rings is 1. The van der Waals surface area contributed by atoms with Gasteiger partial charge in [-0.05, 0) is 65.1 Å². The van der Waals surface area contributed by atoms with Gasteiger partial charge in [-0.3, -0.25) is 10.2 Å². The maximum atomic E-state index is 13.2. The first-order valence-corrected chi connectivity index (χ1v) is 9.17. The quantitative estimate of drug-likeness (QED) is 0.461. The molecular formula is C17H28ClFN6O. The van der Waals surface area contributed by atoms with E-state index in [1.54, 1.807) is 0 Å². The van der Waals surface area contributed by atoms with Crippen LogP contribution in [0.15, 0.2) is 18.2 Å². The summed E-state index contributed by atoms with van der Waals surface area (Å²) < 4.78 is 13.2. The van der Waals surface area contributed by atoms with E-state index in [-0.39, 0.29) is 29.6 Å². The number of nitrogens with zero attached hydrogens (tertiary/aromatic N) is 1. The van der Waals surface area contributed by atoms with Gasteiger partial charge in [-0.25, -0.2) is 9.18 Å². The lowest BCUT2D eigenvalue weighted by molar-refractivity contribution is 0.0448. The zero-order valence-electron chi connectivity index (χ0n) is 15.4. The zero-order valence-corrected chi connectivity index (χ0v) is 16.2. The van der Waals surface area contributed by atoms with Gasteiger partial charge in [-0.15, -0.1) is 0 Å². The van der Waals surface area contributed by atoms with Crippen molar-refractivity contribution in [3.63, 3.8) is 0 Å². The smallest absolute Gasteiger partial charge is 0.320 e. The highest BCUT2D eigenvalue weighted by atomic mass is 35.5. The van der Waals surface area contributed by atoms with Crippen molar-refractivity contribution < 1.29 is 9.18 Å². The molecule has 1 aliphatic rings. The molecule has 1 heterocycles. The molecule has 1 aromatic carbocycles. The van der Waals surface area contributed by atoms with Gasteiger partial charge >= 0.3 is 6.03 Å². The Morgan fingerprint density at radius 3 is 2.88 bits per heavy atom. The fraction of sp³-hybridized carbons (Fsp3) is 0.588. The molecule has 2 amide bonds. The van der Waals surface area contributed by atoms with Crippen LogP contribution in [0.4, 0.5) is 14.9 Å². The molecule has 9 heteroatoms. The second-order valence-electron chi connectivity index (χ2n) is 6.53. The highest BCUT2D eigenvalue weighted by molar-refractivity contribution is 6.31. The average molecular weight is 387 g/mol. The summed E-state index contributed by atoms with van der Waals surface area (Å²) in [5.41, 5.74) is 0.433. The molecule has 7 nitrogen and oxygen atoms in total. The lowest BCUT2D eigenvalue weighted by Gasteiger charge is -2.43. The normalized spacial score (nSPS) is 23.7. The number of nitrogens with one attached hydrogen (secondary N) is 5. The molecular weight excluding hydrogens is 359 g/mol. The minimum atomic E-state index is -0.521. The van der Waals surface area contributed by atoms with Gasteiger partial charge in [-0.1, -0.05) is 11.6 Å². The Morgan fingerprint density at radius 1 is 1.42 bits per heavy atom. The Balaban J connectivity index is 1.89. The van der Waals surface area contributed by atoms with Crippen LogP contribution in [-0.4, -0.2) is 56.6 Å². The second-order valence-corrected chi connectivity index (χ2v) is 6.93. The second kappa shape index (κ2) is 10.0. The number of hydrogen-bond donors (Lipinski definition) is 5. The number of halogens is 2. The van der Waals surface area contributed by atoms with Crippen LogP contribution in [0.2, 0.25) is 5.02 Å². The van der Waals surface area contributed by atoms with Crippen LogP contribution in [0.1, 0.15) is 19.8 Å². The van der Waals surface area contributed by atoms with Crippen molar-refractivity contribution in [3.8, 4) is 0 Å². The molecule has 3 unspecified atom stereocenters. The first kappa shape index (κ1) is 20.9. The van der Waals surface area contributed by atoms with Crippen molar-refractivity contribution in [1.82, 2.24) is 26.2 Å². The number of carbonyl (C=O) groups excluding carboxylic acids is 1. The molecule has 5 N–H and O–H groups in total. The third-order valence-electron chi connectivity index (χ3n) is 4.35. The van der Waals surface area contributed by atoms with E-state index in [0.29, 0.717) is 5.69 Å². The number of hydrogen-bond acceptors (Lipinski definition) is 5. The van der Waals surface area contributed by atoms with Crippen LogP contribution >= 0.6 is 11.6 Å². The SMILES string of the molecule is CNCCCNC1CC(C)NC(NC(=O)Nc2ccc(F)c(Cl)c2)N1C. The molecule has 1 fully saturated rings. The minimum Gasteiger partial charge on any atom is -0.320 e. The van der Waals surface area contributed by atoms with Crippen molar-refractivity contribution in [2.24, 2.45) is 0 Å². The van der Waals surface area contributed by atoms with Crippen LogP contribution in [0.5, 0.6) is 0 Å². The average Bonchev–Trinajstić information content (AvgIpc) is 2.58. The van der Waals surface area contributed by atoms with Gasteiger partial charge in [0.1, 0.15) is 12.1 Å². The molecule has 2 rings (SSSR count). The van der Waals surface area contributed by atoms with Gasteiger partial charge in [0.05, 0.1) is 11.2 Å². The van der Waals surface area contributed by atoms with E-state index < -0.39 is 5.82 Å². The summed E-state index contributed by atoms with van der Waals surface area (Å²) in [5, 5.41) is 15.5. The minimum absolute atomic E-state index is 0.0323. The Kier molecular flexibility index (Phi) is 8.05. The van der Waals surface area contributed by atoms with E-state index in [1.165, 1.54) is 18.2 Å². The van der Waals surface area contributed by atoms with Crippen molar-refractivity contribution in [2.75, 3.05) is 32.5 Å². The molecule has 1 aliphatic heterocycles. The molecule has 0 aliphatic carbocycles. The number of amides is 2. The lowest BCUT2D eigenvalue weighted by atomic mass is 10.1. The standard InChI is InChI=1S/C17H28ClFN6O/c1-11-9-15(21-8-4-7-20-2)25(3)16(22-11)24-17(26)23-12-5-6-14(19)13(18)10-12/h5-6,10-11,15-16,20-22H,4,7-9H2,1-3H3,(H2,23,24,26). The Bertz CT molecular complexity index is 605. The molecule has 3 atom stereocenters. The Morgan fingerprint density at radius 2 is 2.19 bits per heavy atom. The van der Waals surface area contributed by atoms with Crippen LogP contribution in [0.3, 0.4) is 0 Å². The third kappa shape index (κ3) is 6.07. The Hall–Kier alpha value is -1.45. The molecule has 0 bridgehead atoms. The maximum Gasteiger partial charge on any atom is 0.321 e. The third-order valence-corrected chi connectivity index (χ3v) is 4.64. The van der Waals surface area contributed by atoms with Gasteiger partial charge in [0.25, 0.3) is 0 Å². The summed E-state index contributed by atoms with van der Waals surface area (Å²) in [6.45, 7) is 3.94. The topological polar surface area (TPSA) is 80.5 Å². The highest BCUT2D eigenvalue weighted by Gasteiger charge is 2.31. The van der Waals surface area contributed by atoms with Crippen molar-refractivity contribution >= 4 is 23.3 Å². The highest BCUT2D eigenvalue weighted by Crippen LogP contribution is 2.19. The van der Waals surface area contributed by atoms with E-state index in [2.05, 4.69) is 38.4 Å². The molecule has 1 saturated heterocycles. The van der Waals surface area contributed by atoms with Gasteiger partial charge < -0.3 is 21.3 Å². The predicted octanol–water partition coefficient (Wildman–Crippen LogP) is 1.72. The number of carbonyl (C=O) groups is 1. The summed E-state index contributed by atoms with van der Waals surface area (Å²) in [5.74, 6) is -0.521. The molecule has 1 aromatic rings. The molecule has 0 saturated carbocycles. The Labute approximate surface area is 159 Å². The molecule has 0 aromatic heterocycles. The van der Waals surface area contributed by atoms with E-state index in [0.717, 1.165) is 25.9 Å². The van der Waals surface area contributed by atoms with E-state index in [1.807, 2.05) is 14.1 Å². The summed E-state index contributed by atoms with van der Waals surface area (Å²) in [7, 11) is 3.89. The van der Waals surface area contributed by atoms with Crippen LogP contribution in [0, 0.1) is 5.82 Å².